The molecule has 0 spiro atoms. The number of urea groups is 1. The van der Waals surface area contributed by atoms with E-state index in [0.717, 1.165) is 11.3 Å². The molecular weight excluding hydrogens is 382 g/mol. The molecule has 4 rings (SSSR count). The Hall–Kier alpha value is -3.35. The molecular formula is C23H25N3O4. The second-order valence-electron chi connectivity index (χ2n) is 7.75. The highest BCUT2D eigenvalue weighted by molar-refractivity contribution is 6.17. The molecule has 2 aromatic carbocycles. The lowest BCUT2D eigenvalue weighted by Crippen LogP contribution is -2.62. The maximum absolute atomic E-state index is 13.0. The maximum Gasteiger partial charge on any atom is 0.328 e. The standard InChI is InChI=1S/C23H25N3O4/c1-30-18-10-7-15(8-11-18)14-24-21(27)16-9-12-19-20(13-16)25-23(29)26(22(19)28)17-5-3-2-4-6-17/h2-8,10-11,16,19-20H,9,12-14H2,1H3,(H,24,27)(H,25,29). The van der Waals surface area contributed by atoms with E-state index in [2.05, 4.69) is 10.6 Å². The number of fused-ring (bicyclic) bond motifs is 1. The normalized spacial score (nSPS) is 23.4. The number of carbonyl (C=O) groups is 3. The smallest absolute Gasteiger partial charge is 0.328 e. The molecule has 4 amide bonds. The van der Waals surface area contributed by atoms with Crippen LogP contribution in [0.2, 0.25) is 0 Å². The molecule has 7 heteroatoms. The van der Waals surface area contributed by atoms with Crippen molar-refractivity contribution >= 4 is 23.5 Å². The average Bonchev–Trinajstić information content (AvgIpc) is 2.78. The summed E-state index contributed by atoms with van der Waals surface area (Å²) in [6.07, 6.45) is 1.67. The van der Waals surface area contributed by atoms with E-state index >= 15 is 0 Å². The minimum atomic E-state index is -0.424. The number of methoxy groups -OCH3 is 1. The molecule has 0 bridgehead atoms. The highest BCUT2D eigenvalue weighted by atomic mass is 16.5. The van der Waals surface area contributed by atoms with Gasteiger partial charge in [-0.2, -0.15) is 0 Å². The van der Waals surface area contributed by atoms with Gasteiger partial charge in [0.25, 0.3) is 0 Å². The van der Waals surface area contributed by atoms with E-state index in [9.17, 15) is 14.4 Å². The van der Waals surface area contributed by atoms with Gasteiger partial charge in [-0.15, -0.1) is 0 Å². The van der Waals surface area contributed by atoms with Crippen LogP contribution in [0.5, 0.6) is 5.75 Å². The number of imide groups is 1. The third-order valence-electron chi connectivity index (χ3n) is 5.91. The van der Waals surface area contributed by atoms with Crippen molar-refractivity contribution in [2.45, 2.75) is 31.8 Å². The van der Waals surface area contributed by atoms with E-state index in [0.29, 0.717) is 31.5 Å². The Morgan fingerprint density at radius 3 is 2.53 bits per heavy atom. The second kappa shape index (κ2) is 8.57. The Kier molecular flexibility index (Phi) is 5.70. The number of anilines is 1. The molecule has 2 aromatic rings. The van der Waals surface area contributed by atoms with Crippen LogP contribution in [0.15, 0.2) is 54.6 Å². The van der Waals surface area contributed by atoms with Gasteiger partial charge in [-0.1, -0.05) is 30.3 Å². The van der Waals surface area contributed by atoms with Gasteiger partial charge in [0, 0.05) is 18.5 Å². The molecule has 1 saturated carbocycles. The first-order valence-electron chi connectivity index (χ1n) is 10.2. The maximum atomic E-state index is 13.0. The van der Waals surface area contributed by atoms with Crippen molar-refractivity contribution in [1.29, 1.82) is 0 Å². The van der Waals surface area contributed by atoms with Gasteiger partial charge >= 0.3 is 6.03 Å². The van der Waals surface area contributed by atoms with Gasteiger partial charge in [-0.05, 0) is 49.1 Å². The van der Waals surface area contributed by atoms with E-state index in [-0.39, 0.29) is 29.7 Å². The highest BCUT2D eigenvalue weighted by Gasteiger charge is 2.45. The summed E-state index contributed by atoms with van der Waals surface area (Å²) in [7, 11) is 1.61. The summed E-state index contributed by atoms with van der Waals surface area (Å²) >= 11 is 0. The number of benzene rings is 2. The average molecular weight is 407 g/mol. The van der Waals surface area contributed by atoms with Gasteiger partial charge in [0.15, 0.2) is 0 Å². The third kappa shape index (κ3) is 4.01. The summed E-state index contributed by atoms with van der Waals surface area (Å²) in [5, 5.41) is 5.91. The number of rotatable bonds is 5. The zero-order chi connectivity index (χ0) is 21.1. The molecule has 0 aromatic heterocycles. The quantitative estimate of drug-likeness (QED) is 0.798. The van der Waals surface area contributed by atoms with E-state index in [4.69, 9.17) is 4.74 Å². The molecule has 1 saturated heterocycles. The van der Waals surface area contributed by atoms with Gasteiger partial charge < -0.3 is 15.4 Å². The van der Waals surface area contributed by atoms with Gasteiger partial charge in [0.05, 0.1) is 18.7 Å². The van der Waals surface area contributed by atoms with Crippen LogP contribution in [-0.2, 0) is 16.1 Å². The largest absolute Gasteiger partial charge is 0.497 e. The fraction of sp³-hybridized carbons (Fsp3) is 0.348. The van der Waals surface area contributed by atoms with Crippen molar-refractivity contribution in [3.63, 3.8) is 0 Å². The fourth-order valence-corrected chi connectivity index (χ4v) is 4.25. The van der Waals surface area contributed by atoms with E-state index < -0.39 is 6.03 Å². The molecule has 3 unspecified atom stereocenters. The summed E-state index contributed by atoms with van der Waals surface area (Å²) in [5.74, 6) is 0.0172. The molecule has 1 aliphatic carbocycles. The number of nitrogens with zero attached hydrogens (tertiary/aromatic N) is 1. The molecule has 156 valence electrons. The Balaban J connectivity index is 1.36. The van der Waals surface area contributed by atoms with Crippen molar-refractivity contribution in [2.75, 3.05) is 12.0 Å². The fourth-order valence-electron chi connectivity index (χ4n) is 4.25. The predicted octanol–water partition coefficient (Wildman–Crippen LogP) is 2.85. The molecule has 0 radical (unpaired) electrons. The summed E-state index contributed by atoms with van der Waals surface area (Å²) in [6, 6.07) is 15.7. The van der Waals surface area contributed by atoms with Crippen LogP contribution >= 0.6 is 0 Å². The molecule has 2 aliphatic rings. The van der Waals surface area contributed by atoms with Crippen molar-refractivity contribution in [3.05, 3.63) is 60.2 Å². The lowest BCUT2D eigenvalue weighted by Gasteiger charge is -2.41. The monoisotopic (exact) mass is 407 g/mol. The summed E-state index contributed by atoms with van der Waals surface area (Å²) in [6.45, 7) is 0.431. The van der Waals surface area contributed by atoms with Gasteiger partial charge in [0.1, 0.15) is 5.75 Å². The summed E-state index contributed by atoms with van der Waals surface area (Å²) in [4.78, 5) is 39.4. The topological polar surface area (TPSA) is 87.7 Å². The molecule has 7 nitrogen and oxygen atoms in total. The SMILES string of the molecule is COc1ccc(CNC(=O)C2CCC3C(=O)N(c4ccccc4)C(=O)NC3C2)cc1. The van der Waals surface area contributed by atoms with Crippen LogP contribution in [0.25, 0.3) is 0 Å². The van der Waals surface area contributed by atoms with Crippen molar-refractivity contribution in [2.24, 2.45) is 11.8 Å². The number of amides is 4. The second-order valence-corrected chi connectivity index (χ2v) is 7.75. The zero-order valence-corrected chi connectivity index (χ0v) is 16.8. The molecule has 2 N–H and O–H groups in total. The molecule has 1 aliphatic heterocycles. The van der Waals surface area contributed by atoms with E-state index in [1.54, 1.807) is 31.4 Å². The molecule has 1 heterocycles. The molecule has 3 atom stereocenters. The van der Waals surface area contributed by atoms with Gasteiger partial charge in [-0.25, -0.2) is 9.69 Å². The first kappa shape index (κ1) is 19.9. The van der Waals surface area contributed by atoms with Crippen LogP contribution in [0.4, 0.5) is 10.5 Å². The number of hydrogen-bond acceptors (Lipinski definition) is 4. The molecule has 2 fully saturated rings. The Bertz CT molecular complexity index is 929. The minimum absolute atomic E-state index is 0.0449. The Labute approximate surface area is 175 Å². The number of ether oxygens (including phenoxy) is 1. The first-order chi connectivity index (χ1) is 14.6. The van der Waals surface area contributed by atoms with E-state index in [1.807, 2.05) is 30.3 Å². The number of nitrogens with one attached hydrogen (secondary N) is 2. The first-order valence-corrected chi connectivity index (χ1v) is 10.2. The van der Waals surface area contributed by atoms with Crippen molar-refractivity contribution in [1.82, 2.24) is 10.6 Å². The summed E-state index contributed by atoms with van der Waals surface area (Å²) in [5.41, 5.74) is 1.55. The summed E-state index contributed by atoms with van der Waals surface area (Å²) < 4.78 is 5.14. The lowest BCUT2D eigenvalue weighted by atomic mass is 9.76. The van der Waals surface area contributed by atoms with Crippen LogP contribution in [0.3, 0.4) is 0 Å². The number of para-hydroxylation sites is 1. The van der Waals surface area contributed by atoms with Crippen molar-refractivity contribution in [3.8, 4) is 5.75 Å². The Morgan fingerprint density at radius 2 is 1.83 bits per heavy atom. The Morgan fingerprint density at radius 1 is 1.10 bits per heavy atom. The predicted molar refractivity (Wildman–Crippen MR) is 112 cm³/mol. The highest BCUT2D eigenvalue weighted by Crippen LogP contribution is 2.34. The van der Waals surface area contributed by atoms with Crippen LogP contribution < -0.4 is 20.3 Å². The van der Waals surface area contributed by atoms with Gasteiger partial charge in [-0.3, -0.25) is 9.59 Å². The van der Waals surface area contributed by atoms with Crippen molar-refractivity contribution < 1.29 is 19.1 Å². The van der Waals surface area contributed by atoms with Gasteiger partial charge in [0.2, 0.25) is 11.8 Å². The van der Waals surface area contributed by atoms with Crippen LogP contribution in [0.1, 0.15) is 24.8 Å². The van der Waals surface area contributed by atoms with Crippen LogP contribution in [0, 0.1) is 11.8 Å². The van der Waals surface area contributed by atoms with E-state index in [1.165, 1.54) is 4.90 Å². The minimum Gasteiger partial charge on any atom is -0.497 e. The zero-order valence-electron chi connectivity index (χ0n) is 16.8. The number of carbonyl (C=O) groups excluding carboxylic acids is 3. The van der Waals surface area contributed by atoms with Crippen LogP contribution in [-0.4, -0.2) is 31.0 Å². The third-order valence-corrected chi connectivity index (χ3v) is 5.91. The molecule has 30 heavy (non-hydrogen) atoms. The number of hydrogen-bond donors (Lipinski definition) is 2. The lowest BCUT2D eigenvalue weighted by molar-refractivity contribution is -0.130.